The second-order valence-corrected chi connectivity index (χ2v) is 3.93. The van der Waals surface area contributed by atoms with Gasteiger partial charge in [0.15, 0.2) is 0 Å². The minimum atomic E-state index is -0.699. The first-order valence-electron chi connectivity index (χ1n) is 5.57. The maximum Gasteiger partial charge on any atom is 0.271 e. The highest BCUT2D eigenvalue weighted by Gasteiger charge is 2.11. The molecular formula is C13H11F2N3O. The number of hydrogen-bond acceptors (Lipinski definition) is 3. The highest BCUT2D eigenvalue weighted by Crippen LogP contribution is 2.11. The summed E-state index contributed by atoms with van der Waals surface area (Å²) in [4.78, 5) is 19.5. The van der Waals surface area contributed by atoms with E-state index in [4.69, 9.17) is 0 Å². The molecule has 19 heavy (non-hydrogen) atoms. The van der Waals surface area contributed by atoms with Crippen molar-refractivity contribution in [2.24, 2.45) is 0 Å². The second-order valence-electron chi connectivity index (χ2n) is 3.93. The number of benzene rings is 1. The van der Waals surface area contributed by atoms with Gasteiger partial charge in [-0.2, -0.15) is 0 Å². The summed E-state index contributed by atoms with van der Waals surface area (Å²) in [5, 5.41) is 2.39. The van der Waals surface area contributed by atoms with Crippen LogP contribution in [0, 0.1) is 18.6 Å². The van der Waals surface area contributed by atoms with E-state index < -0.39 is 17.5 Å². The van der Waals surface area contributed by atoms with Gasteiger partial charge in [-0.15, -0.1) is 0 Å². The normalized spacial score (nSPS) is 10.3. The van der Waals surface area contributed by atoms with E-state index in [2.05, 4.69) is 15.3 Å². The molecule has 4 nitrogen and oxygen atoms in total. The zero-order valence-corrected chi connectivity index (χ0v) is 10.2. The molecule has 0 saturated carbocycles. The number of carbonyl (C=O) groups excluding carboxylic acids is 1. The Balaban J connectivity index is 2.06. The van der Waals surface area contributed by atoms with Gasteiger partial charge in [0.2, 0.25) is 0 Å². The van der Waals surface area contributed by atoms with Crippen LogP contribution in [0.3, 0.4) is 0 Å². The monoisotopic (exact) mass is 263 g/mol. The summed E-state index contributed by atoms with van der Waals surface area (Å²) in [6, 6.07) is 3.54. The Labute approximate surface area is 108 Å². The predicted octanol–water partition coefficient (Wildman–Crippen LogP) is 1.99. The number of halogens is 2. The maximum absolute atomic E-state index is 13.3. The molecule has 0 spiro atoms. The number of nitrogens with one attached hydrogen (secondary N) is 1. The molecule has 0 radical (unpaired) electrons. The molecule has 2 rings (SSSR count). The molecule has 0 atom stereocenters. The summed E-state index contributed by atoms with van der Waals surface area (Å²) in [7, 11) is 0. The molecule has 0 aliphatic carbocycles. The van der Waals surface area contributed by atoms with Crippen molar-refractivity contribution in [2.75, 3.05) is 0 Å². The average molecular weight is 263 g/mol. The van der Waals surface area contributed by atoms with Crippen LogP contribution in [0.1, 0.15) is 21.7 Å². The van der Waals surface area contributed by atoms with Crippen molar-refractivity contribution >= 4 is 5.91 Å². The smallest absolute Gasteiger partial charge is 0.271 e. The molecule has 0 bridgehead atoms. The summed E-state index contributed by atoms with van der Waals surface area (Å²) in [5.74, 6) is -1.93. The van der Waals surface area contributed by atoms with Crippen molar-refractivity contribution in [3.63, 3.8) is 0 Å². The molecule has 0 unspecified atom stereocenters. The zero-order valence-electron chi connectivity index (χ0n) is 10.2. The van der Waals surface area contributed by atoms with Crippen LogP contribution in [-0.2, 0) is 6.54 Å². The summed E-state index contributed by atoms with van der Waals surface area (Å²) in [6.07, 6.45) is 2.75. The van der Waals surface area contributed by atoms with Crippen LogP contribution in [-0.4, -0.2) is 15.9 Å². The summed E-state index contributed by atoms with van der Waals surface area (Å²) >= 11 is 0. The molecule has 0 aliphatic heterocycles. The highest BCUT2D eigenvalue weighted by molar-refractivity contribution is 5.91. The molecule has 1 N–H and O–H groups in total. The van der Waals surface area contributed by atoms with Gasteiger partial charge in [-0.05, 0) is 19.1 Å². The fourth-order valence-electron chi connectivity index (χ4n) is 1.47. The lowest BCUT2D eigenvalue weighted by molar-refractivity contribution is 0.0945. The number of carbonyl (C=O) groups is 1. The van der Waals surface area contributed by atoms with Crippen molar-refractivity contribution in [1.29, 1.82) is 0 Å². The van der Waals surface area contributed by atoms with E-state index in [9.17, 15) is 13.6 Å². The number of nitrogens with zero attached hydrogens (tertiary/aromatic N) is 2. The molecule has 1 aromatic carbocycles. The lowest BCUT2D eigenvalue weighted by Crippen LogP contribution is -2.25. The summed E-state index contributed by atoms with van der Waals surface area (Å²) in [6.45, 7) is 1.50. The largest absolute Gasteiger partial charge is 0.346 e. The average Bonchev–Trinajstić information content (AvgIpc) is 2.38. The lowest BCUT2D eigenvalue weighted by Gasteiger charge is -2.06. The van der Waals surface area contributed by atoms with Crippen molar-refractivity contribution in [3.05, 3.63) is 59.2 Å². The van der Waals surface area contributed by atoms with E-state index in [0.29, 0.717) is 5.69 Å². The Morgan fingerprint density at radius 2 is 1.89 bits per heavy atom. The maximum atomic E-state index is 13.3. The quantitative estimate of drug-likeness (QED) is 0.921. The van der Waals surface area contributed by atoms with Crippen molar-refractivity contribution in [3.8, 4) is 0 Å². The lowest BCUT2D eigenvalue weighted by atomic mass is 10.2. The van der Waals surface area contributed by atoms with E-state index in [1.54, 1.807) is 6.92 Å². The molecule has 0 aliphatic rings. The zero-order chi connectivity index (χ0) is 13.8. The molecule has 1 amide bonds. The summed E-state index contributed by atoms with van der Waals surface area (Å²) < 4.78 is 26.7. The van der Waals surface area contributed by atoms with Gasteiger partial charge in [0.1, 0.15) is 17.3 Å². The second kappa shape index (κ2) is 5.51. The van der Waals surface area contributed by atoms with Gasteiger partial charge in [0.05, 0.1) is 11.9 Å². The minimum Gasteiger partial charge on any atom is -0.346 e. The summed E-state index contributed by atoms with van der Waals surface area (Å²) in [5.41, 5.74) is 0.593. The van der Waals surface area contributed by atoms with Gasteiger partial charge in [-0.1, -0.05) is 6.07 Å². The van der Waals surface area contributed by atoms with E-state index in [1.807, 2.05) is 0 Å². The van der Waals surface area contributed by atoms with Crippen LogP contribution in [0.15, 0.2) is 30.6 Å². The molecule has 6 heteroatoms. The topological polar surface area (TPSA) is 54.9 Å². The first-order valence-corrected chi connectivity index (χ1v) is 5.57. The molecule has 0 saturated heterocycles. The minimum absolute atomic E-state index is 0.0994. The first-order chi connectivity index (χ1) is 9.08. The van der Waals surface area contributed by atoms with E-state index in [1.165, 1.54) is 18.5 Å². The van der Waals surface area contributed by atoms with Crippen LogP contribution >= 0.6 is 0 Å². The predicted molar refractivity (Wildman–Crippen MR) is 64.3 cm³/mol. The number of aryl methyl sites for hydroxylation is 1. The van der Waals surface area contributed by atoms with Crippen molar-refractivity contribution in [1.82, 2.24) is 15.3 Å². The van der Waals surface area contributed by atoms with Gasteiger partial charge in [-0.25, -0.2) is 13.8 Å². The number of aromatic nitrogens is 2. The van der Waals surface area contributed by atoms with Gasteiger partial charge in [-0.3, -0.25) is 9.78 Å². The van der Waals surface area contributed by atoms with E-state index in [-0.39, 0.29) is 17.8 Å². The van der Waals surface area contributed by atoms with Gasteiger partial charge in [0, 0.05) is 18.3 Å². The Morgan fingerprint density at radius 3 is 2.47 bits per heavy atom. The van der Waals surface area contributed by atoms with Gasteiger partial charge >= 0.3 is 0 Å². The van der Waals surface area contributed by atoms with Crippen LogP contribution in [0.4, 0.5) is 8.78 Å². The molecule has 1 heterocycles. The Morgan fingerprint density at radius 1 is 1.21 bits per heavy atom. The van der Waals surface area contributed by atoms with Crippen LogP contribution < -0.4 is 5.32 Å². The Kier molecular flexibility index (Phi) is 3.79. The number of amides is 1. The molecular weight excluding hydrogens is 252 g/mol. The fourth-order valence-corrected chi connectivity index (χ4v) is 1.47. The first kappa shape index (κ1) is 13.1. The molecule has 98 valence electrons. The van der Waals surface area contributed by atoms with Gasteiger partial charge < -0.3 is 5.32 Å². The Bertz CT molecular complexity index is 579. The highest BCUT2D eigenvalue weighted by atomic mass is 19.1. The van der Waals surface area contributed by atoms with Crippen LogP contribution in [0.5, 0.6) is 0 Å². The molecule has 1 aromatic heterocycles. The van der Waals surface area contributed by atoms with E-state index in [0.717, 1.165) is 12.1 Å². The number of hydrogen-bond donors (Lipinski definition) is 1. The third-order valence-corrected chi connectivity index (χ3v) is 2.50. The molecule has 2 aromatic rings. The van der Waals surface area contributed by atoms with E-state index >= 15 is 0 Å². The number of rotatable bonds is 3. The molecule has 0 fully saturated rings. The fraction of sp³-hybridized carbons (Fsp3) is 0.154. The standard InChI is InChI=1S/C13H11F2N3O/c1-8-5-17-12(7-16-8)13(19)18-6-9-10(14)3-2-4-11(9)15/h2-5,7H,6H2,1H3,(H,18,19). The van der Waals surface area contributed by atoms with Crippen molar-refractivity contribution < 1.29 is 13.6 Å². The van der Waals surface area contributed by atoms with Crippen molar-refractivity contribution in [2.45, 2.75) is 13.5 Å². The van der Waals surface area contributed by atoms with Crippen LogP contribution in [0.25, 0.3) is 0 Å². The van der Waals surface area contributed by atoms with Crippen LogP contribution in [0.2, 0.25) is 0 Å². The Hall–Kier alpha value is -2.37. The SMILES string of the molecule is Cc1cnc(C(=O)NCc2c(F)cccc2F)cn1. The van der Waals surface area contributed by atoms with Gasteiger partial charge in [0.25, 0.3) is 5.91 Å². The third-order valence-electron chi connectivity index (χ3n) is 2.50. The third kappa shape index (κ3) is 3.09.